The highest BCUT2D eigenvalue weighted by Gasteiger charge is 2.08. The van der Waals surface area contributed by atoms with Crippen LogP contribution in [0.15, 0.2) is 48.5 Å². The van der Waals surface area contributed by atoms with Gasteiger partial charge in [0.25, 0.3) is 0 Å². The van der Waals surface area contributed by atoms with Gasteiger partial charge in [-0.25, -0.2) is 9.59 Å². The first-order valence-electron chi connectivity index (χ1n) is 7.56. The molecule has 0 aromatic heterocycles. The van der Waals surface area contributed by atoms with Gasteiger partial charge in [-0.2, -0.15) is 0 Å². The number of carbonyl (C=O) groups is 3. The average molecular weight is 342 g/mol. The topological polar surface area (TPSA) is 78.9 Å². The van der Waals surface area contributed by atoms with Gasteiger partial charge in [0.1, 0.15) is 12.4 Å². The number of rotatable bonds is 7. The summed E-state index contributed by atoms with van der Waals surface area (Å²) in [7, 11) is 1.31. The number of ether oxygens (including phenoxy) is 3. The third kappa shape index (κ3) is 5.46. The van der Waals surface area contributed by atoms with Crippen LogP contribution in [0.25, 0.3) is 0 Å². The molecule has 0 spiro atoms. The molecule has 0 radical (unpaired) electrons. The molecule has 0 amide bonds. The Morgan fingerprint density at radius 3 is 2.32 bits per heavy atom. The van der Waals surface area contributed by atoms with Crippen molar-refractivity contribution in [2.45, 2.75) is 13.5 Å². The summed E-state index contributed by atoms with van der Waals surface area (Å²) in [6, 6.07) is 13.1. The number of Topliss-reactive ketones (excluding diaryl/α,β-unsaturated/α-hetero) is 1. The Kier molecular flexibility index (Phi) is 6.28. The number of carbonyl (C=O) groups excluding carboxylic acids is 3. The van der Waals surface area contributed by atoms with Crippen LogP contribution in [0.4, 0.5) is 0 Å². The van der Waals surface area contributed by atoms with E-state index in [1.165, 1.54) is 14.0 Å². The Labute approximate surface area is 145 Å². The number of esters is 2. The number of benzene rings is 2. The van der Waals surface area contributed by atoms with Gasteiger partial charge in [-0.3, -0.25) is 4.79 Å². The molecule has 0 bridgehead atoms. The van der Waals surface area contributed by atoms with Crippen LogP contribution in [0.5, 0.6) is 5.75 Å². The van der Waals surface area contributed by atoms with Gasteiger partial charge < -0.3 is 14.2 Å². The Morgan fingerprint density at radius 1 is 0.960 bits per heavy atom. The van der Waals surface area contributed by atoms with E-state index in [0.29, 0.717) is 16.9 Å². The van der Waals surface area contributed by atoms with Crippen LogP contribution in [-0.4, -0.2) is 31.4 Å². The van der Waals surface area contributed by atoms with Crippen molar-refractivity contribution >= 4 is 17.7 Å². The number of methoxy groups -OCH3 is 1. The van der Waals surface area contributed by atoms with Crippen LogP contribution in [0.2, 0.25) is 0 Å². The van der Waals surface area contributed by atoms with Crippen molar-refractivity contribution in [1.82, 2.24) is 0 Å². The monoisotopic (exact) mass is 342 g/mol. The lowest BCUT2D eigenvalue weighted by atomic mass is 10.1. The molecule has 25 heavy (non-hydrogen) atoms. The van der Waals surface area contributed by atoms with Gasteiger partial charge in [0.05, 0.1) is 12.7 Å². The maximum absolute atomic E-state index is 11.7. The van der Waals surface area contributed by atoms with Crippen molar-refractivity contribution in [2.24, 2.45) is 0 Å². The Bertz CT molecular complexity index is 764. The maximum Gasteiger partial charge on any atom is 0.344 e. The van der Waals surface area contributed by atoms with E-state index in [0.717, 1.165) is 5.56 Å². The molecule has 130 valence electrons. The van der Waals surface area contributed by atoms with Crippen LogP contribution in [-0.2, 0) is 20.9 Å². The van der Waals surface area contributed by atoms with E-state index in [-0.39, 0.29) is 19.0 Å². The van der Waals surface area contributed by atoms with E-state index < -0.39 is 11.9 Å². The van der Waals surface area contributed by atoms with Gasteiger partial charge in [-0.05, 0) is 36.8 Å². The molecule has 0 unspecified atom stereocenters. The molecular formula is C19H18O6. The fourth-order valence-electron chi connectivity index (χ4n) is 2.01. The standard InChI is InChI=1S/C19H18O6/c1-13(20)16-4-3-5-17(10-16)24-12-18(21)25-11-14-6-8-15(9-7-14)19(22)23-2/h3-10H,11-12H2,1-2H3. The zero-order valence-electron chi connectivity index (χ0n) is 14.0. The Morgan fingerprint density at radius 2 is 1.68 bits per heavy atom. The molecule has 0 N–H and O–H groups in total. The van der Waals surface area contributed by atoms with Gasteiger partial charge in [0.15, 0.2) is 12.4 Å². The third-order valence-electron chi connectivity index (χ3n) is 3.37. The molecule has 0 fully saturated rings. The van der Waals surface area contributed by atoms with E-state index >= 15 is 0 Å². The molecule has 0 aliphatic rings. The summed E-state index contributed by atoms with van der Waals surface area (Å²) in [4.78, 5) is 34.4. The Hall–Kier alpha value is -3.15. The first-order valence-corrected chi connectivity index (χ1v) is 7.56. The number of hydrogen-bond acceptors (Lipinski definition) is 6. The molecule has 6 nitrogen and oxygen atoms in total. The predicted molar refractivity (Wildman–Crippen MR) is 89.5 cm³/mol. The largest absolute Gasteiger partial charge is 0.482 e. The highest BCUT2D eigenvalue weighted by atomic mass is 16.6. The van der Waals surface area contributed by atoms with Crippen molar-refractivity contribution in [3.05, 3.63) is 65.2 Å². The molecule has 6 heteroatoms. The van der Waals surface area contributed by atoms with E-state index in [9.17, 15) is 14.4 Å². The molecular weight excluding hydrogens is 324 g/mol. The van der Waals surface area contributed by atoms with Crippen LogP contribution in [0, 0.1) is 0 Å². The highest BCUT2D eigenvalue weighted by Crippen LogP contribution is 2.14. The van der Waals surface area contributed by atoms with Gasteiger partial charge in [-0.15, -0.1) is 0 Å². The summed E-state index contributed by atoms with van der Waals surface area (Å²) >= 11 is 0. The van der Waals surface area contributed by atoms with Gasteiger partial charge in [0, 0.05) is 5.56 Å². The summed E-state index contributed by atoms with van der Waals surface area (Å²) in [6.45, 7) is 1.26. The minimum atomic E-state index is -0.537. The van der Waals surface area contributed by atoms with Crippen molar-refractivity contribution in [3.63, 3.8) is 0 Å². The van der Waals surface area contributed by atoms with Crippen molar-refractivity contribution in [3.8, 4) is 5.75 Å². The first-order chi connectivity index (χ1) is 12.0. The molecule has 0 heterocycles. The lowest BCUT2D eigenvalue weighted by molar-refractivity contribution is -0.147. The quantitative estimate of drug-likeness (QED) is 0.569. The fraction of sp³-hybridized carbons (Fsp3) is 0.211. The van der Waals surface area contributed by atoms with E-state index in [1.54, 1.807) is 48.5 Å². The van der Waals surface area contributed by atoms with Crippen molar-refractivity contribution in [2.75, 3.05) is 13.7 Å². The zero-order valence-corrected chi connectivity index (χ0v) is 14.0. The minimum absolute atomic E-state index is 0.0666. The summed E-state index contributed by atoms with van der Waals surface area (Å²) < 4.78 is 15.0. The molecule has 0 aliphatic carbocycles. The lowest BCUT2D eigenvalue weighted by Crippen LogP contribution is -2.15. The lowest BCUT2D eigenvalue weighted by Gasteiger charge is -2.08. The minimum Gasteiger partial charge on any atom is -0.482 e. The van der Waals surface area contributed by atoms with Crippen LogP contribution >= 0.6 is 0 Å². The second kappa shape index (κ2) is 8.63. The molecule has 2 aromatic rings. The van der Waals surface area contributed by atoms with Crippen LogP contribution in [0.1, 0.15) is 33.2 Å². The summed E-state index contributed by atoms with van der Waals surface area (Å²) in [5, 5.41) is 0. The molecule has 2 aromatic carbocycles. The number of hydrogen-bond donors (Lipinski definition) is 0. The van der Waals surface area contributed by atoms with E-state index in [2.05, 4.69) is 4.74 Å². The fourth-order valence-corrected chi connectivity index (χ4v) is 2.01. The normalized spacial score (nSPS) is 10.0. The average Bonchev–Trinajstić information content (AvgIpc) is 2.64. The second-order valence-electron chi connectivity index (χ2n) is 5.22. The van der Waals surface area contributed by atoms with Crippen LogP contribution in [0.3, 0.4) is 0 Å². The second-order valence-corrected chi connectivity index (χ2v) is 5.22. The third-order valence-corrected chi connectivity index (χ3v) is 3.37. The predicted octanol–water partition coefficient (Wildman–Crippen LogP) is 2.80. The first kappa shape index (κ1) is 18.2. The molecule has 0 saturated heterocycles. The molecule has 2 rings (SSSR count). The summed E-state index contributed by atoms with van der Waals surface area (Å²) in [5.41, 5.74) is 1.67. The Balaban J connectivity index is 1.81. The van der Waals surface area contributed by atoms with E-state index in [1.807, 2.05) is 0 Å². The number of ketones is 1. The summed E-state index contributed by atoms with van der Waals surface area (Å²) in [6.07, 6.45) is 0. The van der Waals surface area contributed by atoms with Crippen LogP contribution < -0.4 is 4.74 Å². The SMILES string of the molecule is COC(=O)c1ccc(COC(=O)COc2cccc(C(C)=O)c2)cc1. The smallest absolute Gasteiger partial charge is 0.344 e. The van der Waals surface area contributed by atoms with Gasteiger partial charge in [-0.1, -0.05) is 24.3 Å². The molecule has 0 atom stereocenters. The van der Waals surface area contributed by atoms with Crippen molar-refractivity contribution < 1.29 is 28.6 Å². The maximum atomic E-state index is 11.7. The molecule has 0 saturated carbocycles. The van der Waals surface area contributed by atoms with Crippen molar-refractivity contribution in [1.29, 1.82) is 0 Å². The summed E-state index contributed by atoms with van der Waals surface area (Å²) in [5.74, 6) is -0.620. The highest BCUT2D eigenvalue weighted by molar-refractivity contribution is 5.94. The molecule has 0 aliphatic heterocycles. The van der Waals surface area contributed by atoms with Gasteiger partial charge in [0.2, 0.25) is 0 Å². The zero-order chi connectivity index (χ0) is 18.2. The van der Waals surface area contributed by atoms with E-state index in [4.69, 9.17) is 9.47 Å². The van der Waals surface area contributed by atoms with Gasteiger partial charge >= 0.3 is 11.9 Å².